The maximum absolute atomic E-state index is 11.2. The van der Waals surface area contributed by atoms with Gasteiger partial charge in [0, 0.05) is 16.8 Å². The molecule has 4 nitrogen and oxygen atoms in total. The minimum Gasteiger partial charge on any atom is -0.506 e. The highest BCUT2D eigenvalue weighted by Crippen LogP contribution is 2.30. The highest BCUT2D eigenvalue weighted by Gasteiger charge is 2.30. The van der Waals surface area contributed by atoms with Crippen molar-refractivity contribution in [1.29, 1.82) is 0 Å². The number of aromatic hydroxyl groups is 1. The zero-order valence-corrected chi connectivity index (χ0v) is 12.3. The monoisotopic (exact) mass is 303 g/mol. The van der Waals surface area contributed by atoms with Gasteiger partial charge in [0.05, 0.1) is 5.02 Å². The Balaban J connectivity index is 3.14. The van der Waals surface area contributed by atoms with E-state index in [1.807, 2.05) is 0 Å². The highest BCUT2D eigenvalue weighted by atomic mass is 35.5. The van der Waals surface area contributed by atoms with Crippen LogP contribution < -0.4 is 0 Å². The van der Waals surface area contributed by atoms with E-state index in [1.165, 1.54) is 18.3 Å². The van der Waals surface area contributed by atoms with Crippen molar-refractivity contribution >= 4 is 35.4 Å². The van der Waals surface area contributed by atoms with E-state index in [2.05, 4.69) is 4.99 Å². The van der Waals surface area contributed by atoms with E-state index < -0.39 is 17.4 Å². The second-order valence-corrected chi connectivity index (χ2v) is 6.05. The first-order valence-electron chi connectivity index (χ1n) is 5.57. The second-order valence-electron chi connectivity index (χ2n) is 5.21. The Bertz CT molecular complexity index is 521. The molecule has 1 aromatic rings. The SMILES string of the molecule is CC(C)(C)[C@H](N=Cc1cc(Cl)cc(Cl)c1O)C(=O)O. The number of carboxylic acids is 1. The molecule has 0 saturated heterocycles. The molecule has 0 aliphatic carbocycles. The molecule has 0 saturated carbocycles. The summed E-state index contributed by atoms with van der Waals surface area (Å²) in [6, 6.07) is 1.94. The van der Waals surface area contributed by atoms with Crippen LogP contribution in [0.15, 0.2) is 17.1 Å². The summed E-state index contributed by atoms with van der Waals surface area (Å²) in [4.78, 5) is 15.2. The number of rotatable bonds is 3. The first-order chi connectivity index (χ1) is 8.62. The van der Waals surface area contributed by atoms with Crippen molar-refractivity contribution in [3.8, 4) is 5.75 Å². The summed E-state index contributed by atoms with van der Waals surface area (Å²) < 4.78 is 0. The topological polar surface area (TPSA) is 69.9 Å². The molecule has 0 spiro atoms. The highest BCUT2D eigenvalue weighted by molar-refractivity contribution is 6.36. The van der Waals surface area contributed by atoms with Crippen LogP contribution in [0.25, 0.3) is 0 Å². The summed E-state index contributed by atoms with van der Waals surface area (Å²) in [5, 5.41) is 19.3. The molecule has 0 aliphatic rings. The average Bonchev–Trinajstić information content (AvgIpc) is 2.22. The normalized spacial score (nSPS) is 13.7. The maximum Gasteiger partial charge on any atom is 0.328 e. The van der Waals surface area contributed by atoms with E-state index in [9.17, 15) is 9.90 Å². The number of halogens is 2. The van der Waals surface area contributed by atoms with Gasteiger partial charge in [0.1, 0.15) is 5.75 Å². The summed E-state index contributed by atoms with van der Waals surface area (Å²) in [5.74, 6) is -1.20. The summed E-state index contributed by atoms with van der Waals surface area (Å²) in [6.07, 6.45) is 1.27. The minimum atomic E-state index is -1.03. The van der Waals surface area contributed by atoms with E-state index in [4.69, 9.17) is 28.3 Å². The molecule has 0 bridgehead atoms. The zero-order chi connectivity index (χ0) is 14.8. The third-order valence-electron chi connectivity index (χ3n) is 2.47. The van der Waals surface area contributed by atoms with Crippen molar-refractivity contribution < 1.29 is 15.0 Å². The van der Waals surface area contributed by atoms with Gasteiger partial charge in [-0.25, -0.2) is 4.79 Å². The van der Waals surface area contributed by atoms with Gasteiger partial charge in [0.15, 0.2) is 6.04 Å². The number of benzene rings is 1. The molecular weight excluding hydrogens is 289 g/mol. The van der Waals surface area contributed by atoms with Crippen LogP contribution in [0.4, 0.5) is 0 Å². The Hall–Kier alpha value is -1.26. The molecule has 104 valence electrons. The van der Waals surface area contributed by atoms with Crippen LogP contribution in [0.1, 0.15) is 26.3 Å². The molecule has 0 aromatic heterocycles. The fourth-order valence-corrected chi connectivity index (χ4v) is 2.01. The smallest absolute Gasteiger partial charge is 0.328 e. The van der Waals surface area contributed by atoms with Gasteiger partial charge in [-0.15, -0.1) is 0 Å². The second kappa shape index (κ2) is 5.80. The summed E-state index contributed by atoms with van der Waals surface area (Å²) in [6.45, 7) is 5.32. The quantitative estimate of drug-likeness (QED) is 0.838. The molecule has 0 unspecified atom stereocenters. The van der Waals surface area contributed by atoms with E-state index >= 15 is 0 Å². The molecule has 0 aliphatic heterocycles. The van der Waals surface area contributed by atoms with Gasteiger partial charge in [0.25, 0.3) is 0 Å². The van der Waals surface area contributed by atoms with Crippen LogP contribution in [-0.4, -0.2) is 28.4 Å². The third kappa shape index (κ3) is 4.11. The van der Waals surface area contributed by atoms with Gasteiger partial charge in [0.2, 0.25) is 0 Å². The van der Waals surface area contributed by atoms with Crippen molar-refractivity contribution in [2.24, 2.45) is 10.4 Å². The fraction of sp³-hybridized carbons (Fsp3) is 0.385. The van der Waals surface area contributed by atoms with E-state index in [0.29, 0.717) is 5.02 Å². The standard InChI is InChI=1S/C13H15Cl2NO3/c1-13(2,3)11(12(18)19)16-6-7-4-8(14)5-9(15)10(7)17/h4-6,11,17H,1-3H3,(H,18,19)/t11-/m1/s1. The van der Waals surface area contributed by atoms with Crippen LogP contribution >= 0.6 is 23.2 Å². The lowest BCUT2D eigenvalue weighted by Gasteiger charge is -2.23. The lowest BCUT2D eigenvalue weighted by Crippen LogP contribution is -2.32. The Kier molecular flexibility index (Phi) is 4.82. The minimum absolute atomic E-state index is 0.0941. The number of hydrogen-bond acceptors (Lipinski definition) is 3. The molecule has 0 heterocycles. The number of nitrogens with zero attached hydrogens (tertiary/aromatic N) is 1. The molecule has 2 N–H and O–H groups in total. The Morgan fingerprint density at radius 3 is 2.42 bits per heavy atom. The number of carboxylic acid groups (broad SMARTS) is 1. The van der Waals surface area contributed by atoms with Gasteiger partial charge in [-0.2, -0.15) is 0 Å². The Labute approximate surface area is 121 Å². The van der Waals surface area contributed by atoms with Crippen LogP contribution in [0.5, 0.6) is 5.75 Å². The van der Waals surface area contributed by atoms with Crippen molar-refractivity contribution in [2.45, 2.75) is 26.8 Å². The summed E-state index contributed by atoms with van der Waals surface area (Å²) in [5.41, 5.74) is -0.256. The van der Waals surface area contributed by atoms with Gasteiger partial charge < -0.3 is 10.2 Å². The van der Waals surface area contributed by atoms with Gasteiger partial charge in [-0.3, -0.25) is 4.99 Å². The molecule has 1 rings (SSSR count). The molecule has 0 fully saturated rings. The Morgan fingerprint density at radius 1 is 1.37 bits per heavy atom. The maximum atomic E-state index is 11.2. The third-order valence-corrected chi connectivity index (χ3v) is 2.98. The molecule has 0 radical (unpaired) electrons. The van der Waals surface area contributed by atoms with Crippen LogP contribution in [0.3, 0.4) is 0 Å². The zero-order valence-electron chi connectivity index (χ0n) is 10.8. The number of aliphatic carboxylic acids is 1. The van der Waals surface area contributed by atoms with E-state index in [-0.39, 0.29) is 16.3 Å². The Morgan fingerprint density at radius 2 is 1.95 bits per heavy atom. The molecule has 6 heteroatoms. The predicted molar refractivity (Wildman–Crippen MR) is 76.6 cm³/mol. The van der Waals surface area contributed by atoms with Gasteiger partial charge >= 0.3 is 5.97 Å². The predicted octanol–water partition coefficient (Wildman–Crippen LogP) is 3.62. The van der Waals surface area contributed by atoms with E-state index in [0.717, 1.165) is 0 Å². The van der Waals surface area contributed by atoms with Crippen LogP contribution in [0.2, 0.25) is 10.0 Å². The lowest BCUT2D eigenvalue weighted by atomic mass is 9.87. The van der Waals surface area contributed by atoms with Gasteiger partial charge in [-0.1, -0.05) is 44.0 Å². The van der Waals surface area contributed by atoms with Crippen molar-refractivity contribution in [2.75, 3.05) is 0 Å². The largest absolute Gasteiger partial charge is 0.506 e. The number of phenols is 1. The first-order valence-corrected chi connectivity index (χ1v) is 6.32. The van der Waals surface area contributed by atoms with Crippen molar-refractivity contribution in [1.82, 2.24) is 0 Å². The molecule has 19 heavy (non-hydrogen) atoms. The van der Waals surface area contributed by atoms with Gasteiger partial charge in [-0.05, 0) is 17.5 Å². The molecular formula is C13H15Cl2NO3. The lowest BCUT2D eigenvalue weighted by molar-refractivity contribution is -0.140. The van der Waals surface area contributed by atoms with Crippen LogP contribution in [0, 0.1) is 5.41 Å². The average molecular weight is 304 g/mol. The van der Waals surface area contributed by atoms with E-state index in [1.54, 1.807) is 20.8 Å². The number of carbonyl (C=O) groups is 1. The van der Waals surface area contributed by atoms with Crippen molar-refractivity contribution in [3.63, 3.8) is 0 Å². The fourth-order valence-electron chi connectivity index (χ4n) is 1.50. The molecule has 1 atom stereocenters. The number of hydrogen-bond donors (Lipinski definition) is 2. The first kappa shape index (κ1) is 15.8. The summed E-state index contributed by atoms with van der Waals surface area (Å²) >= 11 is 11.6. The molecule has 0 amide bonds. The van der Waals surface area contributed by atoms with Crippen LogP contribution in [-0.2, 0) is 4.79 Å². The van der Waals surface area contributed by atoms with Crippen molar-refractivity contribution in [3.05, 3.63) is 27.7 Å². The summed E-state index contributed by atoms with van der Waals surface area (Å²) in [7, 11) is 0. The molecule has 1 aromatic carbocycles. The number of aliphatic imine (C=N–C) groups is 1. The number of phenolic OH excluding ortho intramolecular Hbond substituents is 1.